The van der Waals surface area contributed by atoms with Crippen molar-refractivity contribution in [1.82, 2.24) is 10.2 Å². The van der Waals surface area contributed by atoms with Gasteiger partial charge in [-0.2, -0.15) is 0 Å². The number of rotatable bonds is 7. The van der Waals surface area contributed by atoms with Gasteiger partial charge >= 0.3 is 0 Å². The molecule has 2 saturated carbocycles. The van der Waals surface area contributed by atoms with Gasteiger partial charge in [0.1, 0.15) is 0 Å². The Morgan fingerprint density at radius 2 is 1.71 bits per heavy atom. The highest BCUT2D eigenvalue weighted by molar-refractivity contribution is 5.76. The number of likely N-dealkylation sites (N-methyl/N-ethyl adjacent to an activating group) is 1. The van der Waals surface area contributed by atoms with Crippen LogP contribution < -0.4 is 11.1 Å². The first-order chi connectivity index (χ1) is 10.2. The number of carbonyl (C=O) groups excluding carboxylic acids is 1. The van der Waals surface area contributed by atoms with Crippen LogP contribution in [0.25, 0.3) is 0 Å². The molecule has 2 aliphatic carbocycles. The zero-order valence-electron chi connectivity index (χ0n) is 13.7. The third-order valence-corrected chi connectivity index (χ3v) is 5.51. The number of hydrogen-bond acceptors (Lipinski definition) is 3. The molecule has 0 spiro atoms. The first-order valence-electron chi connectivity index (χ1n) is 8.86. The Hall–Kier alpha value is -0.610. The first-order valence-corrected chi connectivity index (χ1v) is 8.86. The summed E-state index contributed by atoms with van der Waals surface area (Å²) in [5.74, 6) is 1.52. The predicted octanol–water partition coefficient (Wildman–Crippen LogP) is 2.13. The van der Waals surface area contributed by atoms with Crippen LogP contribution >= 0.6 is 0 Å². The quantitative estimate of drug-likeness (QED) is 0.756. The Morgan fingerprint density at radius 3 is 2.33 bits per heavy atom. The predicted molar refractivity (Wildman–Crippen MR) is 87.0 cm³/mol. The van der Waals surface area contributed by atoms with Gasteiger partial charge in [0.15, 0.2) is 0 Å². The highest BCUT2D eigenvalue weighted by atomic mass is 16.1. The molecule has 0 saturated heterocycles. The normalized spacial score (nSPS) is 27.2. The van der Waals surface area contributed by atoms with Crippen LogP contribution in [0.2, 0.25) is 0 Å². The zero-order valence-corrected chi connectivity index (χ0v) is 13.7. The molecule has 1 amide bonds. The third-order valence-electron chi connectivity index (χ3n) is 5.51. The molecule has 2 rings (SSSR count). The second-order valence-corrected chi connectivity index (χ2v) is 7.10. The van der Waals surface area contributed by atoms with Gasteiger partial charge in [-0.25, -0.2) is 0 Å². The van der Waals surface area contributed by atoms with E-state index in [-0.39, 0.29) is 5.91 Å². The van der Waals surface area contributed by atoms with Crippen LogP contribution in [0, 0.1) is 11.8 Å². The summed E-state index contributed by atoms with van der Waals surface area (Å²) >= 11 is 0. The molecule has 3 N–H and O–H groups in total. The molecule has 21 heavy (non-hydrogen) atoms. The minimum Gasteiger partial charge on any atom is -0.355 e. The second-order valence-electron chi connectivity index (χ2n) is 7.10. The Balaban J connectivity index is 1.55. The maximum absolute atomic E-state index is 12.0. The molecule has 0 atom stereocenters. The number of nitrogens with one attached hydrogen (secondary N) is 1. The lowest BCUT2D eigenvalue weighted by atomic mass is 9.80. The van der Waals surface area contributed by atoms with Gasteiger partial charge in [-0.05, 0) is 64.0 Å². The zero-order chi connectivity index (χ0) is 15.1. The first kappa shape index (κ1) is 16.8. The van der Waals surface area contributed by atoms with Crippen LogP contribution in [0.4, 0.5) is 0 Å². The monoisotopic (exact) mass is 295 g/mol. The lowest BCUT2D eigenvalue weighted by Crippen LogP contribution is -2.38. The fourth-order valence-corrected chi connectivity index (χ4v) is 3.90. The topological polar surface area (TPSA) is 58.4 Å². The molecule has 0 aromatic heterocycles. The van der Waals surface area contributed by atoms with Gasteiger partial charge in [-0.15, -0.1) is 0 Å². The van der Waals surface area contributed by atoms with Gasteiger partial charge in [0.2, 0.25) is 5.91 Å². The Morgan fingerprint density at radius 1 is 1.10 bits per heavy atom. The Bertz CT molecular complexity index is 307. The fraction of sp³-hybridized carbons (Fsp3) is 0.941. The second kappa shape index (κ2) is 8.74. The maximum Gasteiger partial charge on any atom is 0.220 e. The molecule has 0 heterocycles. The summed E-state index contributed by atoms with van der Waals surface area (Å²) in [6.45, 7) is 2.59. The van der Waals surface area contributed by atoms with Gasteiger partial charge < -0.3 is 16.0 Å². The molecule has 0 unspecified atom stereocenters. The fourth-order valence-electron chi connectivity index (χ4n) is 3.90. The van der Waals surface area contributed by atoms with E-state index in [4.69, 9.17) is 5.73 Å². The van der Waals surface area contributed by atoms with Gasteiger partial charge in [0.25, 0.3) is 0 Å². The summed E-state index contributed by atoms with van der Waals surface area (Å²) in [6, 6.07) is 0.744. The summed E-state index contributed by atoms with van der Waals surface area (Å²) in [6.07, 6.45) is 10.9. The van der Waals surface area contributed by atoms with Crippen LogP contribution in [0.1, 0.15) is 57.8 Å². The van der Waals surface area contributed by atoms with Gasteiger partial charge in [0.05, 0.1) is 0 Å². The summed E-state index contributed by atoms with van der Waals surface area (Å²) < 4.78 is 0. The van der Waals surface area contributed by atoms with Crippen LogP contribution in [-0.4, -0.2) is 43.5 Å². The van der Waals surface area contributed by atoms with Crippen molar-refractivity contribution in [2.75, 3.05) is 26.7 Å². The van der Waals surface area contributed by atoms with Crippen LogP contribution in [-0.2, 0) is 4.79 Å². The molecule has 4 nitrogen and oxygen atoms in total. The summed E-state index contributed by atoms with van der Waals surface area (Å²) in [4.78, 5) is 14.4. The number of hydrogen-bond donors (Lipinski definition) is 2. The molecule has 0 aromatic carbocycles. The average Bonchev–Trinajstić information content (AvgIpc) is 3.02. The van der Waals surface area contributed by atoms with E-state index in [1.54, 1.807) is 0 Å². The molecule has 0 radical (unpaired) electrons. The van der Waals surface area contributed by atoms with Crippen molar-refractivity contribution in [3.8, 4) is 0 Å². The molecule has 4 heteroatoms. The molecule has 2 fully saturated rings. The van der Waals surface area contributed by atoms with Gasteiger partial charge in [-0.1, -0.05) is 12.8 Å². The number of nitrogens with zero attached hydrogens (tertiary/aromatic N) is 1. The van der Waals surface area contributed by atoms with E-state index in [2.05, 4.69) is 17.3 Å². The SMILES string of the molecule is CN(CCNC(=O)CC1CCC(CN)CC1)C1CCCC1. The molecular formula is C17H33N3O. The maximum atomic E-state index is 12.0. The van der Waals surface area contributed by atoms with E-state index in [9.17, 15) is 4.79 Å². The highest BCUT2D eigenvalue weighted by Crippen LogP contribution is 2.30. The number of nitrogens with two attached hydrogens (primary N) is 1. The summed E-state index contributed by atoms with van der Waals surface area (Å²) in [5, 5.41) is 3.10. The lowest BCUT2D eigenvalue weighted by molar-refractivity contribution is -0.122. The van der Waals surface area contributed by atoms with Crippen LogP contribution in [0.5, 0.6) is 0 Å². The average molecular weight is 295 g/mol. The third kappa shape index (κ3) is 5.59. The molecule has 0 bridgehead atoms. The van der Waals surface area contributed by atoms with E-state index in [1.807, 2.05) is 0 Å². The summed E-state index contributed by atoms with van der Waals surface area (Å²) in [7, 11) is 2.19. The van der Waals surface area contributed by atoms with Crippen LogP contribution in [0.3, 0.4) is 0 Å². The van der Waals surface area contributed by atoms with Crippen molar-refractivity contribution < 1.29 is 4.79 Å². The molecule has 0 aliphatic heterocycles. The molecular weight excluding hydrogens is 262 g/mol. The molecule has 2 aliphatic rings. The Kier molecular flexibility index (Phi) is 6.97. The highest BCUT2D eigenvalue weighted by Gasteiger charge is 2.22. The number of amides is 1. The van der Waals surface area contributed by atoms with Crippen LogP contribution in [0.15, 0.2) is 0 Å². The van der Waals surface area contributed by atoms with E-state index in [0.717, 1.165) is 25.7 Å². The van der Waals surface area contributed by atoms with Crippen molar-refractivity contribution in [2.45, 2.75) is 63.8 Å². The number of carbonyl (C=O) groups is 1. The minimum absolute atomic E-state index is 0.242. The largest absolute Gasteiger partial charge is 0.355 e. The lowest BCUT2D eigenvalue weighted by Gasteiger charge is -2.27. The standard InChI is InChI=1S/C17H33N3O/c1-20(16-4-2-3-5-16)11-10-19-17(21)12-14-6-8-15(13-18)9-7-14/h14-16H,2-13,18H2,1H3,(H,19,21). The molecule has 0 aromatic rings. The van der Waals surface area contributed by atoms with Crippen molar-refractivity contribution in [3.05, 3.63) is 0 Å². The van der Waals surface area contributed by atoms with E-state index in [0.29, 0.717) is 18.3 Å². The van der Waals surface area contributed by atoms with Gasteiger partial charge in [-0.3, -0.25) is 4.79 Å². The van der Waals surface area contributed by atoms with Crippen molar-refractivity contribution >= 4 is 5.91 Å². The minimum atomic E-state index is 0.242. The Labute approximate surface area is 129 Å². The van der Waals surface area contributed by atoms with Crippen molar-refractivity contribution in [1.29, 1.82) is 0 Å². The van der Waals surface area contributed by atoms with E-state index >= 15 is 0 Å². The molecule has 122 valence electrons. The van der Waals surface area contributed by atoms with E-state index in [1.165, 1.54) is 51.4 Å². The smallest absolute Gasteiger partial charge is 0.220 e. The van der Waals surface area contributed by atoms with Crippen molar-refractivity contribution in [3.63, 3.8) is 0 Å². The van der Waals surface area contributed by atoms with Crippen molar-refractivity contribution in [2.24, 2.45) is 17.6 Å². The van der Waals surface area contributed by atoms with Gasteiger partial charge in [0, 0.05) is 25.6 Å². The van der Waals surface area contributed by atoms with E-state index < -0.39 is 0 Å². The summed E-state index contributed by atoms with van der Waals surface area (Å²) in [5.41, 5.74) is 5.71.